The number of hydrogen-bond acceptors (Lipinski definition) is 3. The maximum atomic E-state index is 5.67. The molecule has 1 atom stereocenters. The topological polar surface area (TPSA) is 53.1 Å². The van der Waals surface area contributed by atoms with Crippen molar-refractivity contribution in [2.75, 3.05) is 5.73 Å². The first-order valence-electron chi connectivity index (χ1n) is 5.21. The predicted molar refractivity (Wildman–Crippen MR) is 62.6 cm³/mol. The highest BCUT2D eigenvalue weighted by molar-refractivity contribution is 5.30. The van der Waals surface area contributed by atoms with Crippen molar-refractivity contribution in [1.82, 2.24) is 9.78 Å². The molecule has 0 aliphatic carbocycles. The van der Waals surface area contributed by atoms with Crippen LogP contribution in [0.3, 0.4) is 0 Å². The van der Waals surface area contributed by atoms with Crippen LogP contribution in [0.5, 0.6) is 0 Å². The molecule has 0 spiro atoms. The molecule has 0 aliphatic rings. The maximum Gasteiger partial charge on any atom is 0.147 e. The van der Waals surface area contributed by atoms with E-state index < -0.39 is 0 Å². The Hall–Kier alpha value is -1.81. The number of benzene rings is 1. The van der Waals surface area contributed by atoms with Gasteiger partial charge in [0.2, 0.25) is 0 Å². The van der Waals surface area contributed by atoms with Crippen LogP contribution in [0.1, 0.15) is 18.7 Å². The van der Waals surface area contributed by atoms with Crippen molar-refractivity contribution in [3.63, 3.8) is 0 Å². The van der Waals surface area contributed by atoms with E-state index >= 15 is 0 Å². The SMILES string of the molecule is CC(OCc1ccccc1)n1cc(N)cn1. The summed E-state index contributed by atoms with van der Waals surface area (Å²) in [7, 11) is 0. The monoisotopic (exact) mass is 217 g/mol. The first-order valence-corrected chi connectivity index (χ1v) is 5.21. The van der Waals surface area contributed by atoms with Crippen LogP contribution in [0.4, 0.5) is 5.69 Å². The minimum atomic E-state index is -0.113. The molecule has 2 rings (SSSR count). The van der Waals surface area contributed by atoms with Gasteiger partial charge in [-0.1, -0.05) is 30.3 Å². The fraction of sp³-hybridized carbons (Fsp3) is 0.250. The molecule has 1 aromatic carbocycles. The molecule has 0 aliphatic heterocycles. The predicted octanol–water partition coefficient (Wildman–Crippen LogP) is 2.20. The van der Waals surface area contributed by atoms with E-state index in [1.54, 1.807) is 17.1 Å². The van der Waals surface area contributed by atoms with Gasteiger partial charge < -0.3 is 10.5 Å². The van der Waals surface area contributed by atoms with Crippen LogP contribution >= 0.6 is 0 Å². The molecule has 16 heavy (non-hydrogen) atoms. The Kier molecular flexibility index (Phi) is 3.22. The molecule has 1 unspecified atom stereocenters. The summed E-state index contributed by atoms with van der Waals surface area (Å²) in [6, 6.07) is 10.0. The van der Waals surface area contributed by atoms with Crippen LogP contribution < -0.4 is 5.73 Å². The van der Waals surface area contributed by atoms with Crippen molar-refractivity contribution in [3.05, 3.63) is 48.3 Å². The molecule has 0 bridgehead atoms. The summed E-state index contributed by atoms with van der Waals surface area (Å²) in [4.78, 5) is 0. The molecular weight excluding hydrogens is 202 g/mol. The van der Waals surface area contributed by atoms with Gasteiger partial charge in [0.15, 0.2) is 0 Å². The zero-order valence-corrected chi connectivity index (χ0v) is 9.21. The van der Waals surface area contributed by atoms with Gasteiger partial charge in [-0.2, -0.15) is 5.10 Å². The molecule has 0 amide bonds. The van der Waals surface area contributed by atoms with Crippen LogP contribution in [0.15, 0.2) is 42.7 Å². The van der Waals surface area contributed by atoms with E-state index in [0.29, 0.717) is 12.3 Å². The van der Waals surface area contributed by atoms with Crippen LogP contribution in [0.2, 0.25) is 0 Å². The lowest BCUT2D eigenvalue weighted by Crippen LogP contribution is -2.09. The van der Waals surface area contributed by atoms with Gasteiger partial charge >= 0.3 is 0 Å². The number of aromatic nitrogens is 2. The molecule has 84 valence electrons. The minimum absolute atomic E-state index is 0.113. The summed E-state index contributed by atoms with van der Waals surface area (Å²) in [6.45, 7) is 2.51. The molecular formula is C12H15N3O. The average Bonchev–Trinajstić information content (AvgIpc) is 2.74. The van der Waals surface area contributed by atoms with E-state index in [9.17, 15) is 0 Å². The first kappa shape index (κ1) is 10.7. The average molecular weight is 217 g/mol. The van der Waals surface area contributed by atoms with Crippen molar-refractivity contribution in [1.29, 1.82) is 0 Å². The molecule has 2 aromatic rings. The lowest BCUT2D eigenvalue weighted by molar-refractivity contribution is -0.00404. The van der Waals surface area contributed by atoms with Gasteiger partial charge in [-0.15, -0.1) is 0 Å². The van der Waals surface area contributed by atoms with E-state index in [0.717, 1.165) is 5.56 Å². The molecule has 1 heterocycles. The Balaban J connectivity index is 1.91. The van der Waals surface area contributed by atoms with E-state index in [1.807, 2.05) is 37.3 Å². The van der Waals surface area contributed by atoms with Crippen LogP contribution in [-0.2, 0) is 11.3 Å². The van der Waals surface area contributed by atoms with E-state index in [2.05, 4.69) is 5.10 Å². The van der Waals surface area contributed by atoms with Crippen LogP contribution in [-0.4, -0.2) is 9.78 Å². The zero-order valence-electron chi connectivity index (χ0n) is 9.21. The Bertz CT molecular complexity index is 439. The standard InChI is InChI=1S/C12H15N3O/c1-10(15-8-12(13)7-14-15)16-9-11-5-3-2-4-6-11/h2-8,10H,9,13H2,1H3. The van der Waals surface area contributed by atoms with Crippen LogP contribution in [0.25, 0.3) is 0 Å². The summed E-state index contributed by atoms with van der Waals surface area (Å²) in [5, 5.41) is 4.09. The van der Waals surface area contributed by atoms with Gasteiger partial charge in [-0.25, -0.2) is 4.68 Å². The van der Waals surface area contributed by atoms with Crippen molar-refractivity contribution in [2.45, 2.75) is 19.8 Å². The number of hydrogen-bond donors (Lipinski definition) is 1. The molecule has 4 nitrogen and oxygen atoms in total. The van der Waals surface area contributed by atoms with Gasteiger partial charge in [0.05, 0.1) is 24.7 Å². The smallest absolute Gasteiger partial charge is 0.147 e. The Morgan fingerprint density at radius 3 is 2.75 bits per heavy atom. The first-order chi connectivity index (χ1) is 7.75. The number of rotatable bonds is 4. The Morgan fingerprint density at radius 1 is 1.38 bits per heavy atom. The molecule has 4 heteroatoms. The van der Waals surface area contributed by atoms with Gasteiger partial charge in [-0.05, 0) is 12.5 Å². The van der Waals surface area contributed by atoms with E-state index in [-0.39, 0.29) is 6.23 Å². The Morgan fingerprint density at radius 2 is 2.12 bits per heavy atom. The van der Waals surface area contributed by atoms with E-state index in [1.165, 1.54) is 0 Å². The fourth-order valence-corrected chi connectivity index (χ4v) is 1.42. The largest absolute Gasteiger partial charge is 0.396 e. The number of ether oxygens (including phenoxy) is 1. The third kappa shape index (κ3) is 2.61. The summed E-state index contributed by atoms with van der Waals surface area (Å²) in [5.74, 6) is 0. The second kappa shape index (κ2) is 4.81. The van der Waals surface area contributed by atoms with Crippen molar-refractivity contribution in [3.8, 4) is 0 Å². The van der Waals surface area contributed by atoms with Crippen molar-refractivity contribution in [2.24, 2.45) is 0 Å². The molecule has 0 radical (unpaired) electrons. The summed E-state index contributed by atoms with van der Waals surface area (Å²) in [5.41, 5.74) is 7.38. The quantitative estimate of drug-likeness (QED) is 0.854. The number of anilines is 1. The summed E-state index contributed by atoms with van der Waals surface area (Å²) >= 11 is 0. The third-order valence-electron chi connectivity index (χ3n) is 2.33. The van der Waals surface area contributed by atoms with Gasteiger partial charge in [0.1, 0.15) is 6.23 Å². The lowest BCUT2D eigenvalue weighted by atomic mass is 10.2. The number of nitrogens with two attached hydrogens (primary N) is 1. The fourth-order valence-electron chi connectivity index (χ4n) is 1.42. The van der Waals surface area contributed by atoms with Gasteiger partial charge in [-0.3, -0.25) is 0 Å². The van der Waals surface area contributed by atoms with Gasteiger partial charge in [0, 0.05) is 0 Å². The summed E-state index contributed by atoms with van der Waals surface area (Å²) in [6.07, 6.45) is 3.26. The highest BCUT2D eigenvalue weighted by atomic mass is 16.5. The van der Waals surface area contributed by atoms with Crippen molar-refractivity contribution < 1.29 is 4.74 Å². The molecule has 0 fully saturated rings. The normalized spacial score (nSPS) is 12.6. The molecule has 2 N–H and O–H groups in total. The lowest BCUT2D eigenvalue weighted by Gasteiger charge is -2.13. The second-order valence-corrected chi connectivity index (χ2v) is 3.65. The molecule has 1 aromatic heterocycles. The summed E-state index contributed by atoms with van der Waals surface area (Å²) < 4.78 is 7.38. The number of nitrogens with zero attached hydrogens (tertiary/aromatic N) is 2. The second-order valence-electron chi connectivity index (χ2n) is 3.65. The van der Waals surface area contributed by atoms with Crippen molar-refractivity contribution >= 4 is 5.69 Å². The van der Waals surface area contributed by atoms with E-state index in [4.69, 9.17) is 10.5 Å². The minimum Gasteiger partial charge on any atom is -0.396 e. The number of nitrogen functional groups attached to an aromatic ring is 1. The van der Waals surface area contributed by atoms with Crippen LogP contribution in [0, 0.1) is 0 Å². The highest BCUT2D eigenvalue weighted by Gasteiger charge is 2.05. The Labute approximate surface area is 94.6 Å². The molecule has 0 saturated heterocycles. The third-order valence-corrected chi connectivity index (χ3v) is 2.33. The highest BCUT2D eigenvalue weighted by Crippen LogP contribution is 2.12. The maximum absolute atomic E-state index is 5.67. The molecule has 0 saturated carbocycles. The zero-order chi connectivity index (χ0) is 11.4. The van der Waals surface area contributed by atoms with Gasteiger partial charge in [0.25, 0.3) is 0 Å².